The number of rotatable bonds is 4. The van der Waals surface area contributed by atoms with Crippen LogP contribution in [0.5, 0.6) is 23.0 Å². The van der Waals surface area contributed by atoms with Crippen LogP contribution in [-0.4, -0.2) is 130 Å². The van der Waals surface area contributed by atoms with Crippen LogP contribution in [0.15, 0.2) is 41.2 Å². The average molecular weight is 837 g/mol. The number of Topliss-reactive ketones (excluding diaryl/α,β-unsaturated/α-hetero) is 1. The highest BCUT2D eigenvalue weighted by atomic mass is 16.7. The van der Waals surface area contributed by atoms with Crippen molar-refractivity contribution in [3.05, 3.63) is 52.8 Å². The number of benzene rings is 2. The van der Waals surface area contributed by atoms with E-state index in [0.29, 0.717) is 13.1 Å². The van der Waals surface area contributed by atoms with Gasteiger partial charge in [-0.1, -0.05) is 45.9 Å². The molecule has 1 saturated heterocycles. The Labute approximate surface area is 350 Å². The van der Waals surface area contributed by atoms with Crippen molar-refractivity contribution >= 4 is 40.3 Å². The first kappa shape index (κ1) is 45.9. The maximum atomic E-state index is 14.5. The Kier molecular flexibility index (Phi) is 14.3. The predicted molar refractivity (Wildman–Crippen MR) is 225 cm³/mol. The lowest BCUT2D eigenvalue weighted by Crippen LogP contribution is -2.46. The van der Waals surface area contributed by atoms with Crippen molar-refractivity contribution in [3.8, 4) is 23.0 Å². The number of likely N-dealkylation sites (N-methyl/N-ethyl adjacent to an activating group) is 1. The van der Waals surface area contributed by atoms with E-state index in [9.17, 15) is 39.9 Å². The van der Waals surface area contributed by atoms with Crippen LogP contribution in [0.3, 0.4) is 0 Å². The fourth-order valence-corrected chi connectivity index (χ4v) is 8.16. The molecule has 4 aliphatic heterocycles. The molecule has 0 unspecified atom stereocenters. The lowest BCUT2D eigenvalue weighted by Gasteiger charge is -2.38. The molecule has 1 amide bonds. The summed E-state index contributed by atoms with van der Waals surface area (Å²) in [6.45, 7) is 15.3. The van der Waals surface area contributed by atoms with E-state index in [4.69, 9.17) is 18.9 Å². The third kappa shape index (κ3) is 9.11. The highest BCUT2D eigenvalue weighted by Crippen LogP contribution is 2.55. The largest absolute Gasteiger partial charge is 0.507 e. The number of carbonyl (C=O) groups excluding carboxylic acids is 3. The molecular weight excluding hydrogens is 776 g/mol. The number of hydrogen-bond acceptors (Lipinski definition) is 15. The van der Waals surface area contributed by atoms with Crippen LogP contribution < -0.4 is 10.1 Å². The first-order valence-electron chi connectivity index (χ1n) is 20.3. The molecule has 4 heterocycles. The molecule has 2 aromatic carbocycles. The molecule has 9 atom stereocenters. The number of fused-ring (bicyclic) bond motifs is 14. The van der Waals surface area contributed by atoms with Crippen LogP contribution in [0.1, 0.15) is 76.4 Å². The number of aliphatic hydroxyl groups excluding tert-OH is 2. The molecule has 1 fully saturated rings. The molecule has 328 valence electrons. The van der Waals surface area contributed by atoms with Crippen LogP contribution in [-0.2, 0) is 23.8 Å². The molecule has 60 heavy (non-hydrogen) atoms. The fraction of sp³-hybridized carbons (Fsp3) is 0.545. The summed E-state index contributed by atoms with van der Waals surface area (Å²) >= 11 is 0. The van der Waals surface area contributed by atoms with Gasteiger partial charge in [0.15, 0.2) is 5.75 Å². The van der Waals surface area contributed by atoms with Gasteiger partial charge in [0.1, 0.15) is 23.4 Å². The van der Waals surface area contributed by atoms with Crippen LogP contribution in [0.2, 0.25) is 0 Å². The molecule has 0 spiro atoms. The normalized spacial score (nSPS) is 30.0. The third-order valence-corrected chi connectivity index (χ3v) is 12.1. The number of nitrogens with one attached hydrogen (secondary N) is 1. The quantitative estimate of drug-likeness (QED) is 0.106. The number of allylic oxidation sites excluding steroid dienone is 2. The van der Waals surface area contributed by atoms with Crippen molar-refractivity contribution in [3.63, 3.8) is 0 Å². The second-order valence-electron chi connectivity index (χ2n) is 16.5. The number of hydrazone groups is 1. The van der Waals surface area contributed by atoms with Gasteiger partial charge in [0.25, 0.3) is 11.7 Å². The fourth-order valence-electron chi connectivity index (χ4n) is 8.16. The zero-order chi connectivity index (χ0) is 44.4. The Morgan fingerprint density at radius 1 is 0.950 bits per heavy atom. The van der Waals surface area contributed by atoms with E-state index in [2.05, 4.69) is 15.3 Å². The molecule has 0 saturated carbocycles. The molecule has 0 radical (unpaired) electrons. The van der Waals surface area contributed by atoms with Crippen molar-refractivity contribution in [2.45, 2.75) is 92.0 Å². The smallest absolute Gasteiger partial charge is 0.312 e. The Morgan fingerprint density at radius 2 is 1.65 bits per heavy atom. The number of carbonyl (C=O) groups is 3. The molecule has 16 nitrogen and oxygen atoms in total. The lowest BCUT2D eigenvalue weighted by molar-refractivity contribution is -0.160. The number of amides is 1. The number of ketones is 1. The van der Waals surface area contributed by atoms with E-state index >= 15 is 0 Å². The summed E-state index contributed by atoms with van der Waals surface area (Å²) in [5.41, 5.74) is -0.340. The van der Waals surface area contributed by atoms with E-state index in [1.807, 2.05) is 7.05 Å². The van der Waals surface area contributed by atoms with Gasteiger partial charge < -0.3 is 54.7 Å². The first-order valence-corrected chi connectivity index (χ1v) is 20.3. The minimum atomic E-state index is -2.04. The highest BCUT2D eigenvalue weighted by Gasteiger charge is 2.50. The number of anilines is 1. The molecule has 16 heteroatoms. The van der Waals surface area contributed by atoms with Gasteiger partial charge in [-0.25, -0.2) is 0 Å². The van der Waals surface area contributed by atoms with E-state index < -0.39 is 88.8 Å². The summed E-state index contributed by atoms with van der Waals surface area (Å²) in [6.07, 6.45) is 5.70. The van der Waals surface area contributed by atoms with Crippen molar-refractivity contribution < 1.29 is 58.9 Å². The maximum Gasteiger partial charge on any atom is 0.312 e. The van der Waals surface area contributed by atoms with E-state index in [1.165, 1.54) is 59.4 Å². The van der Waals surface area contributed by atoms with Gasteiger partial charge in [0.05, 0.1) is 53.0 Å². The lowest BCUT2D eigenvalue weighted by atomic mass is 9.78. The van der Waals surface area contributed by atoms with Gasteiger partial charge in [-0.2, -0.15) is 5.10 Å². The SMILES string of the molecule is CO[C@@H]1C=CO[C@@]2(C)Oc3c(C)c(O)c4c(O)c(c(C=NN5CCCN(C)CC5)c(O)c4c3C2=O)NC(=O)C(C)=CC=C[C@H](C)[C@H](O)[C@H](C)[C@H](O)[C@H](C)[C@@H](OC(C)=O)[C@@H]1C. The summed E-state index contributed by atoms with van der Waals surface area (Å²) in [7, 11) is 3.44. The van der Waals surface area contributed by atoms with Gasteiger partial charge >= 0.3 is 11.8 Å². The molecule has 4 aliphatic rings. The molecule has 5 bridgehead atoms. The second-order valence-corrected chi connectivity index (χ2v) is 16.5. The molecule has 6 N–H and O–H groups in total. The van der Waals surface area contributed by atoms with Crippen LogP contribution in [0.4, 0.5) is 5.69 Å². The topological polar surface area (TPSA) is 220 Å². The molecular formula is C44H60N4O12. The zero-order valence-electron chi connectivity index (χ0n) is 36.1. The highest BCUT2D eigenvalue weighted by molar-refractivity contribution is 6.23. The van der Waals surface area contributed by atoms with Crippen molar-refractivity contribution in [1.82, 2.24) is 9.91 Å². The Bertz CT molecular complexity index is 2100. The molecule has 6 rings (SSSR count). The number of phenolic OH excluding ortho intramolecular Hbond substituents is 3. The minimum absolute atomic E-state index is 0.0571. The number of esters is 1. The van der Waals surface area contributed by atoms with Gasteiger partial charge in [-0.3, -0.25) is 19.4 Å². The molecule has 0 aliphatic carbocycles. The minimum Gasteiger partial charge on any atom is -0.507 e. The van der Waals surface area contributed by atoms with Gasteiger partial charge in [-0.15, -0.1) is 0 Å². The van der Waals surface area contributed by atoms with Gasteiger partial charge in [0.2, 0.25) is 0 Å². The van der Waals surface area contributed by atoms with E-state index in [1.54, 1.807) is 44.9 Å². The summed E-state index contributed by atoms with van der Waals surface area (Å²) < 4.78 is 23.6. The van der Waals surface area contributed by atoms with Crippen LogP contribution >= 0.6 is 0 Å². The van der Waals surface area contributed by atoms with Crippen molar-refractivity contribution in [1.29, 1.82) is 0 Å². The van der Waals surface area contributed by atoms with Gasteiger partial charge in [0, 0.05) is 80.8 Å². The monoisotopic (exact) mass is 836 g/mol. The van der Waals surface area contributed by atoms with Gasteiger partial charge in [-0.05, 0) is 39.9 Å². The Hall–Kier alpha value is -5.16. The number of nitrogens with zero attached hydrogens (tertiary/aromatic N) is 3. The second kappa shape index (κ2) is 18.6. The van der Waals surface area contributed by atoms with E-state index in [0.717, 1.165) is 19.5 Å². The van der Waals surface area contributed by atoms with Crippen LogP contribution in [0, 0.1) is 30.6 Å². The van der Waals surface area contributed by atoms with Crippen LogP contribution in [0.25, 0.3) is 10.8 Å². The predicted octanol–water partition coefficient (Wildman–Crippen LogP) is 4.73. The summed E-state index contributed by atoms with van der Waals surface area (Å²) in [6, 6.07) is 0. The number of aliphatic hydroxyl groups is 2. The summed E-state index contributed by atoms with van der Waals surface area (Å²) in [5, 5.41) is 67.1. The van der Waals surface area contributed by atoms with E-state index in [-0.39, 0.29) is 44.5 Å². The zero-order valence-corrected chi connectivity index (χ0v) is 36.1. The van der Waals surface area contributed by atoms with Crippen molar-refractivity contribution in [2.75, 3.05) is 45.7 Å². The number of ether oxygens (including phenoxy) is 4. The number of methoxy groups -OCH3 is 1. The standard InChI is InChI=1S/C44H60N4O12/c1-22-13-11-14-23(2)43(56)46-34-29(21-45-48-17-12-16-47(9)18-19-48)38(53)31-32(39(34)54)37(52)27(6)41-33(31)42(55)44(8,60-41)58-20-15-30(57-10)24(3)40(59-28(7)49)26(5)36(51)25(4)35(22)50/h11,13-15,20-22,24-26,30,35-36,40,50-54H,12,16-19H2,1-10H3,(H,46,56)/t22-,24+,25-,26-,30+,35-,36-,40-,44-/m0/s1. The van der Waals surface area contributed by atoms with Crippen molar-refractivity contribution in [2.24, 2.45) is 28.8 Å². The molecule has 2 aromatic rings. The number of phenols is 3. The maximum absolute atomic E-state index is 14.5. The first-order chi connectivity index (χ1) is 28.2. The summed E-state index contributed by atoms with van der Waals surface area (Å²) in [4.78, 5) is 42.8. The third-order valence-electron chi connectivity index (χ3n) is 12.1. The number of aromatic hydroxyl groups is 3. The Morgan fingerprint density at radius 3 is 2.32 bits per heavy atom. The number of hydrogen-bond donors (Lipinski definition) is 6. The summed E-state index contributed by atoms with van der Waals surface area (Å²) in [5.74, 6) is -8.34. The Balaban J connectivity index is 1.71. The molecule has 0 aromatic heterocycles. The average Bonchev–Trinajstić information content (AvgIpc) is 3.31.